The first-order valence-corrected chi connectivity index (χ1v) is 7.62. The second-order valence-electron chi connectivity index (χ2n) is 3.99. The molecule has 1 aliphatic heterocycles. The number of halogens is 2. The highest BCUT2D eigenvalue weighted by Gasteiger charge is 2.27. The molecule has 2 rings (SSSR count). The molecular formula is C12H12BrFN2O2S. The van der Waals surface area contributed by atoms with Crippen molar-refractivity contribution in [3.63, 3.8) is 0 Å². The molecule has 19 heavy (non-hydrogen) atoms. The summed E-state index contributed by atoms with van der Waals surface area (Å²) in [6.45, 7) is 0.429. The van der Waals surface area contributed by atoms with Gasteiger partial charge in [-0.1, -0.05) is 22.0 Å². The minimum atomic E-state index is -0.347. The molecule has 1 N–H and O–H groups in total. The summed E-state index contributed by atoms with van der Waals surface area (Å²) >= 11 is 4.69. The first-order chi connectivity index (χ1) is 9.08. The summed E-state index contributed by atoms with van der Waals surface area (Å²) in [5.41, 5.74) is 0.616. The highest BCUT2D eigenvalue weighted by Crippen LogP contribution is 2.20. The number of urea groups is 1. The van der Waals surface area contributed by atoms with Crippen LogP contribution in [0.1, 0.15) is 5.56 Å². The molecule has 0 aliphatic carbocycles. The second-order valence-corrected chi connectivity index (χ2v) is 6.01. The molecule has 1 fully saturated rings. The molecular weight excluding hydrogens is 335 g/mol. The van der Waals surface area contributed by atoms with E-state index in [4.69, 9.17) is 0 Å². The van der Waals surface area contributed by atoms with E-state index in [0.29, 0.717) is 28.1 Å². The van der Waals surface area contributed by atoms with E-state index < -0.39 is 0 Å². The molecule has 0 unspecified atom stereocenters. The Labute approximate surface area is 122 Å². The zero-order chi connectivity index (χ0) is 13.8. The van der Waals surface area contributed by atoms with Crippen LogP contribution in [0, 0.1) is 5.82 Å². The third kappa shape index (κ3) is 3.70. The van der Waals surface area contributed by atoms with E-state index in [0.717, 1.165) is 0 Å². The molecule has 4 nitrogen and oxygen atoms in total. The van der Waals surface area contributed by atoms with Crippen LogP contribution in [-0.2, 0) is 10.5 Å². The molecule has 0 spiro atoms. The van der Waals surface area contributed by atoms with E-state index >= 15 is 0 Å². The molecule has 1 heterocycles. The maximum absolute atomic E-state index is 13.5. The number of amides is 3. The van der Waals surface area contributed by atoms with Gasteiger partial charge in [-0.05, 0) is 17.7 Å². The van der Waals surface area contributed by atoms with E-state index in [1.807, 2.05) is 0 Å². The third-order valence-electron chi connectivity index (χ3n) is 2.67. The largest absolute Gasteiger partial charge is 0.329 e. The number of hydrogen-bond acceptors (Lipinski definition) is 3. The maximum Gasteiger partial charge on any atom is 0.324 e. The van der Waals surface area contributed by atoms with Crippen molar-refractivity contribution in [1.29, 1.82) is 0 Å². The number of hydrogen-bond donors (Lipinski definition) is 1. The molecule has 0 bridgehead atoms. The normalized spacial score (nSPS) is 14.9. The Morgan fingerprint density at radius 3 is 2.84 bits per heavy atom. The van der Waals surface area contributed by atoms with Gasteiger partial charge in [0.05, 0.1) is 6.54 Å². The molecule has 1 aliphatic rings. The van der Waals surface area contributed by atoms with E-state index in [2.05, 4.69) is 21.2 Å². The van der Waals surface area contributed by atoms with Crippen molar-refractivity contribution in [2.24, 2.45) is 0 Å². The lowest BCUT2D eigenvalue weighted by Gasteiger charge is -2.11. The van der Waals surface area contributed by atoms with Crippen LogP contribution in [0.5, 0.6) is 0 Å². The predicted octanol–water partition coefficient (Wildman–Crippen LogP) is 2.37. The van der Waals surface area contributed by atoms with Crippen LogP contribution in [0.4, 0.5) is 9.18 Å². The summed E-state index contributed by atoms with van der Waals surface area (Å²) in [6, 6.07) is 4.59. The summed E-state index contributed by atoms with van der Waals surface area (Å²) in [5.74, 6) is 0.648. The van der Waals surface area contributed by atoms with Gasteiger partial charge < -0.3 is 5.32 Å². The summed E-state index contributed by atoms with van der Waals surface area (Å²) < 4.78 is 14.2. The second kappa shape index (κ2) is 6.38. The Kier molecular flexibility index (Phi) is 4.81. The zero-order valence-electron chi connectivity index (χ0n) is 9.99. The van der Waals surface area contributed by atoms with E-state index in [9.17, 15) is 14.0 Å². The summed E-state index contributed by atoms with van der Waals surface area (Å²) in [7, 11) is 0. The van der Waals surface area contributed by atoms with Crippen molar-refractivity contribution in [3.05, 3.63) is 34.1 Å². The average Bonchev–Trinajstić information content (AvgIpc) is 2.68. The lowest BCUT2D eigenvalue weighted by atomic mass is 10.2. The fraction of sp³-hybridized carbons (Fsp3) is 0.333. The highest BCUT2D eigenvalue weighted by molar-refractivity contribution is 9.10. The topological polar surface area (TPSA) is 49.4 Å². The van der Waals surface area contributed by atoms with Gasteiger partial charge in [0.2, 0.25) is 5.91 Å². The van der Waals surface area contributed by atoms with E-state index in [-0.39, 0.29) is 24.3 Å². The number of imide groups is 1. The minimum Gasteiger partial charge on any atom is -0.329 e. The van der Waals surface area contributed by atoms with Gasteiger partial charge in [0.15, 0.2) is 0 Å². The van der Waals surface area contributed by atoms with Crippen molar-refractivity contribution < 1.29 is 14.0 Å². The fourth-order valence-electron chi connectivity index (χ4n) is 1.66. The maximum atomic E-state index is 13.5. The SMILES string of the molecule is O=C1CNC(=O)N1CCSCc1ccc(Br)cc1F. The van der Waals surface area contributed by atoms with Gasteiger partial charge in [0, 0.05) is 22.5 Å². The minimum absolute atomic E-state index is 0.0742. The fourth-order valence-corrected chi connectivity index (χ4v) is 2.90. The molecule has 0 radical (unpaired) electrons. The Bertz CT molecular complexity index is 497. The van der Waals surface area contributed by atoms with Crippen molar-refractivity contribution in [3.8, 4) is 0 Å². The zero-order valence-corrected chi connectivity index (χ0v) is 12.4. The Balaban J connectivity index is 1.78. The lowest BCUT2D eigenvalue weighted by Crippen LogP contribution is -2.32. The van der Waals surface area contributed by atoms with E-state index in [1.54, 1.807) is 12.1 Å². The summed E-state index contributed by atoms with van der Waals surface area (Å²) in [5, 5.41) is 2.46. The Morgan fingerprint density at radius 1 is 1.42 bits per heavy atom. The molecule has 1 aromatic rings. The number of nitrogens with zero attached hydrogens (tertiary/aromatic N) is 1. The van der Waals surface area contributed by atoms with Gasteiger partial charge in [-0.2, -0.15) is 11.8 Å². The number of carbonyl (C=O) groups is 2. The van der Waals surface area contributed by atoms with Gasteiger partial charge in [0.25, 0.3) is 0 Å². The molecule has 102 valence electrons. The van der Waals surface area contributed by atoms with Crippen molar-refractivity contribution >= 4 is 39.6 Å². The predicted molar refractivity (Wildman–Crippen MR) is 75.4 cm³/mol. The molecule has 1 saturated heterocycles. The van der Waals surface area contributed by atoms with Crippen molar-refractivity contribution in [1.82, 2.24) is 10.2 Å². The Morgan fingerprint density at radius 2 is 2.21 bits per heavy atom. The van der Waals surface area contributed by atoms with Crippen LogP contribution < -0.4 is 5.32 Å². The lowest BCUT2D eigenvalue weighted by molar-refractivity contribution is -0.124. The molecule has 3 amide bonds. The molecule has 0 atom stereocenters. The van der Waals surface area contributed by atoms with Crippen LogP contribution >= 0.6 is 27.7 Å². The van der Waals surface area contributed by atoms with Gasteiger partial charge in [-0.15, -0.1) is 0 Å². The first kappa shape index (κ1) is 14.3. The first-order valence-electron chi connectivity index (χ1n) is 5.68. The molecule has 7 heteroatoms. The van der Waals surface area contributed by atoms with Crippen LogP contribution in [0.3, 0.4) is 0 Å². The standard InChI is InChI=1S/C12H12BrFN2O2S/c13-9-2-1-8(10(14)5-9)7-19-4-3-16-11(17)6-15-12(16)18/h1-2,5H,3-4,6-7H2,(H,15,18). The summed E-state index contributed by atoms with van der Waals surface area (Å²) in [6.07, 6.45) is 0. The van der Waals surface area contributed by atoms with Crippen LogP contribution in [0.25, 0.3) is 0 Å². The van der Waals surface area contributed by atoms with Crippen LogP contribution in [-0.4, -0.2) is 35.7 Å². The Hall–Kier alpha value is -1.08. The molecule has 0 aromatic heterocycles. The van der Waals surface area contributed by atoms with Crippen molar-refractivity contribution in [2.75, 3.05) is 18.8 Å². The average molecular weight is 347 g/mol. The van der Waals surface area contributed by atoms with Crippen LogP contribution in [0.15, 0.2) is 22.7 Å². The van der Waals surface area contributed by atoms with Crippen LogP contribution in [0.2, 0.25) is 0 Å². The van der Waals surface area contributed by atoms with Gasteiger partial charge in [-0.3, -0.25) is 9.69 Å². The number of nitrogens with one attached hydrogen (secondary N) is 1. The third-order valence-corrected chi connectivity index (χ3v) is 4.15. The monoisotopic (exact) mass is 346 g/mol. The van der Waals surface area contributed by atoms with Gasteiger partial charge in [0.1, 0.15) is 5.82 Å². The number of thioether (sulfide) groups is 1. The highest BCUT2D eigenvalue weighted by atomic mass is 79.9. The van der Waals surface area contributed by atoms with Gasteiger partial charge in [-0.25, -0.2) is 9.18 Å². The van der Waals surface area contributed by atoms with Gasteiger partial charge >= 0.3 is 6.03 Å². The quantitative estimate of drug-likeness (QED) is 0.657. The number of benzene rings is 1. The smallest absolute Gasteiger partial charge is 0.324 e. The van der Waals surface area contributed by atoms with E-state index in [1.165, 1.54) is 22.7 Å². The number of carbonyl (C=O) groups excluding carboxylic acids is 2. The number of rotatable bonds is 5. The summed E-state index contributed by atoms with van der Waals surface area (Å²) in [4.78, 5) is 23.8. The van der Waals surface area contributed by atoms with Crippen molar-refractivity contribution in [2.45, 2.75) is 5.75 Å². The molecule has 0 saturated carbocycles. The molecule has 1 aromatic carbocycles.